The van der Waals surface area contributed by atoms with Crippen molar-refractivity contribution < 1.29 is 9.69 Å². The second kappa shape index (κ2) is 7.88. The molecule has 2 N–H and O–H groups in total. The van der Waals surface area contributed by atoms with Crippen molar-refractivity contribution in [2.75, 3.05) is 25.0 Å². The number of benzene rings is 1. The molecule has 0 saturated carbocycles. The molecule has 0 aromatic heterocycles. The van der Waals surface area contributed by atoms with Crippen LogP contribution in [0.3, 0.4) is 0 Å². The smallest absolute Gasteiger partial charge is 0.344 e. The number of carbonyl (C=O) groups is 1. The summed E-state index contributed by atoms with van der Waals surface area (Å²) in [6.07, 6.45) is 2.36. The molecule has 0 aliphatic heterocycles. The second-order valence-corrected chi connectivity index (χ2v) is 4.50. The van der Waals surface area contributed by atoms with Gasteiger partial charge in [0.25, 0.3) is 0 Å². The fraction of sp³-hybridized carbons (Fsp3) is 0.533. The highest BCUT2D eigenvalue weighted by atomic mass is 16.2. The van der Waals surface area contributed by atoms with E-state index < -0.39 is 0 Å². The quantitative estimate of drug-likeness (QED) is 0.724. The number of carbonyl (C=O) groups excluding carboxylic acids is 1. The molecule has 0 unspecified atom stereocenters. The minimum Gasteiger partial charge on any atom is -0.385 e. The Kier molecular flexibility index (Phi) is 6.44. The molecule has 0 spiro atoms. The van der Waals surface area contributed by atoms with Crippen LogP contribution in [0.4, 0.5) is 5.69 Å². The van der Waals surface area contributed by atoms with Crippen molar-refractivity contribution in [3.05, 3.63) is 29.8 Å². The fourth-order valence-electron chi connectivity index (χ4n) is 1.92. The number of amides is 1. The topological polar surface area (TPSA) is 33.5 Å². The molecule has 3 nitrogen and oxygen atoms in total. The monoisotopic (exact) mass is 249 g/mol. The normalized spacial score (nSPS) is 10.7. The van der Waals surface area contributed by atoms with Crippen molar-refractivity contribution in [2.45, 2.75) is 33.6 Å². The molecule has 1 aromatic rings. The first-order valence-electron chi connectivity index (χ1n) is 6.96. The third-order valence-electron chi connectivity index (χ3n) is 3.18. The van der Waals surface area contributed by atoms with Crippen molar-refractivity contribution in [2.24, 2.45) is 0 Å². The van der Waals surface area contributed by atoms with Gasteiger partial charge < -0.3 is 5.32 Å². The van der Waals surface area contributed by atoms with Gasteiger partial charge in [0, 0.05) is 12.2 Å². The molecule has 100 valence electrons. The van der Waals surface area contributed by atoms with Crippen molar-refractivity contribution in [3.8, 4) is 0 Å². The number of hydrogen-bond donors (Lipinski definition) is 2. The predicted molar refractivity (Wildman–Crippen MR) is 76.2 cm³/mol. The van der Waals surface area contributed by atoms with Gasteiger partial charge in [0.05, 0.1) is 18.7 Å². The van der Waals surface area contributed by atoms with Crippen LogP contribution in [-0.2, 0) is 0 Å². The Hall–Kier alpha value is -1.35. The van der Waals surface area contributed by atoms with Crippen LogP contribution in [0.25, 0.3) is 0 Å². The fourth-order valence-corrected chi connectivity index (χ4v) is 1.92. The molecule has 0 radical (unpaired) electrons. The van der Waals surface area contributed by atoms with Crippen LogP contribution < -0.4 is 10.2 Å². The third-order valence-corrected chi connectivity index (χ3v) is 3.18. The Balaban J connectivity index is 2.61. The summed E-state index contributed by atoms with van der Waals surface area (Å²) in [6, 6.07) is 7.82. The highest BCUT2D eigenvalue weighted by Gasteiger charge is 2.17. The number of anilines is 1. The van der Waals surface area contributed by atoms with Crippen LogP contribution in [0.5, 0.6) is 0 Å². The van der Waals surface area contributed by atoms with E-state index in [-0.39, 0.29) is 5.91 Å². The number of quaternary nitrogens is 1. The molecule has 0 fully saturated rings. The van der Waals surface area contributed by atoms with Gasteiger partial charge in [0.1, 0.15) is 0 Å². The summed E-state index contributed by atoms with van der Waals surface area (Å²) in [4.78, 5) is 13.1. The molecule has 0 saturated heterocycles. The number of rotatable bonds is 7. The van der Waals surface area contributed by atoms with E-state index in [0.717, 1.165) is 35.8 Å². The maximum Gasteiger partial charge on any atom is 0.344 e. The number of hydrogen-bond acceptors (Lipinski definition) is 2. The highest BCUT2D eigenvalue weighted by molar-refractivity contribution is 5.87. The lowest BCUT2D eigenvalue weighted by Gasteiger charge is -2.13. The standard InChI is InChI=1S/C15H24N2O/c1-4-7-12-16-14-10-8-13(9-11-14)15(18)17(5-2)6-3/h8-11,16H,4-7,12H2,1-3H3/p+1. The Morgan fingerprint density at radius 1 is 1.11 bits per heavy atom. The van der Waals surface area contributed by atoms with E-state index in [1.54, 1.807) is 0 Å². The molecule has 0 aliphatic carbocycles. The second-order valence-electron chi connectivity index (χ2n) is 4.50. The van der Waals surface area contributed by atoms with Crippen LogP contribution in [-0.4, -0.2) is 25.5 Å². The zero-order chi connectivity index (χ0) is 13.4. The molecule has 1 amide bonds. The Morgan fingerprint density at radius 3 is 2.22 bits per heavy atom. The summed E-state index contributed by atoms with van der Waals surface area (Å²) < 4.78 is 0. The largest absolute Gasteiger partial charge is 0.385 e. The van der Waals surface area contributed by atoms with E-state index in [9.17, 15) is 4.79 Å². The first-order valence-corrected chi connectivity index (χ1v) is 6.96. The maximum atomic E-state index is 12.1. The van der Waals surface area contributed by atoms with Gasteiger partial charge in [-0.2, -0.15) is 0 Å². The van der Waals surface area contributed by atoms with Crippen molar-refractivity contribution >= 4 is 11.6 Å². The van der Waals surface area contributed by atoms with E-state index in [0.29, 0.717) is 0 Å². The number of unbranched alkanes of at least 4 members (excludes halogenated alkanes) is 1. The summed E-state index contributed by atoms with van der Waals surface area (Å²) in [6.45, 7) is 8.92. The Labute approximate surface area is 110 Å². The SMILES string of the molecule is CCCCNc1ccc(C(=O)[NH+](CC)CC)cc1. The van der Waals surface area contributed by atoms with Crippen molar-refractivity contribution in [1.82, 2.24) is 0 Å². The average Bonchev–Trinajstić information content (AvgIpc) is 2.41. The van der Waals surface area contributed by atoms with Crippen LogP contribution in [0.15, 0.2) is 24.3 Å². The van der Waals surface area contributed by atoms with Crippen molar-refractivity contribution in [1.29, 1.82) is 0 Å². The van der Waals surface area contributed by atoms with Crippen LogP contribution in [0.1, 0.15) is 44.0 Å². The molecule has 0 aliphatic rings. The van der Waals surface area contributed by atoms with Gasteiger partial charge in [-0.1, -0.05) is 13.3 Å². The average molecular weight is 249 g/mol. The van der Waals surface area contributed by atoms with E-state index in [1.807, 2.05) is 38.1 Å². The minimum atomic E-state index is 0.195. The third kappa shape index (κ3) is 4.15. The minimum absolute atomic E-state index is 0.195. The van der Waals surface area contributed by atoms with E-state index >= 15 is 0 Å². The van der Waals surface area contributed by atoms with Gasteiger partial charge in [-0.05, 0) is 44.5 Å². The summed E-state index contributed by atoms with van der Waals surface area (Å²) in [5.74, 6) is 0.195. The van der Waals surface area contributed by atoms with Gasteiger partial charge in [0.2, 0.25) is 0 Å². The van der Waals surface area contributed by atoms with E-state index in [2.05, 4.69) is 12.2 Å². The lowest BCUT2D eigenvalue weighted by atomic mass is 10.1. The lowest BCUT2D eigenvalue weighted by Crippen LogP contribution is -3.14. The molecular weight excluding hydrogens is 224 g/mol. The van der Waals surface area contributed by atoms with Crippen LogP contribution >= 0.6 is 0 Å². The highest BCUT2D eigenvalue weighted by Crippen LogP contribution is 2.09. The zero-order valence-corrected chi connectivity index (χ0v) is 11.8. The van der Waals surface area contributed by atoms with Gasteiger partial charge >= 0.3 is 5.91 Å². The predicted octanol–water partition coefficient (Wildman–Crippen LogP) is 1.96. The van der Waals surface area contributed by atoms with Crippen molar-refractivity contribution in [3.63, 3.8) is 0 Å². The molecule has 0 bridgehead atoms. The summed E-state index contributed by atoms with van der Waals surface area (Å²) >= 11 is 0. The first-order chi connectivity index (χ1) is 8.72. The molecule has 1 rings (SSSR count). The molecule has 1 aromatic carbocycles. The molecule has 0 heterocycles. The van der Waals surface area contributed by atoms with Crippen LogP contribution in [0, 0.1) is 0 Å². The lowest BCUT2D eigenvalue weighted by molar-refractivity contribution is -0.809. The Morgan fingerprint density at radius 2 is 1.72 bits per heavy atom. The summed E-state index contributed by atoms with van der Waals surface area (Å²) in [5, 5.41) is 3.35. The first kappa shape index (κ1) is 14.7. The zero-order valence-electron chi connectivity index (χ0n) is 11.8. The molecule has 18 heavy (non-hydrogen) atoms. The molecule has 3 heteroatoms. The van der Waals surface area contributed by atoms with Gasteiger partial charge in [-0.15, -0.1) is 0 Å². The maximum absolute atomic E-state index is 12.1. The molecule has 0 atom stereocenters. The Bertz CT molecular complexity index is 355. The summed E-state index contributed by atoms with van der Waals surface area (Å²) in [5.41, 5.74) is 1.89. The van der Waals surface area contributed by atoms with E-state index in [1.165, 1.54) is 12.8 Å². The van der Waals surface area contributed by atoms with Gasteiger partial charge in [-0.3, -0.25) is 4.90 Å². The van der Waals surface area contributed by atoms with Gasteiger partial charge in [-0.25, -0.2) is 4.79 Å². The van der Waals surface area contributed by atoms with Gasteiger partial charge in [0.15, 0.2) is 0 Å². The van der Waals surface area contributed by atoms with Crippen LogP contribution in [0.2, 0.25) is 0 Å². The molecular formula is C15H25N2O+. The van der Waals surface area contributed by atoms with E-state index in [4.69, 9.17) is 0 Å². The number of nitrogens with one attached hydrogen (secondary N) is 2. The summed E-state index contributed by atoms with van der Waals surface area (Å²) in [7, 11) is 0.